The van der Waals surface area contributed by atoms with Crippen LogP contribution in [-0.4, -0.2) is 30.4 Å². The van der Waals surface area contributed by atoms with Gasteiger partial charge in [0.2, 0.25) is 5.91 Å². The molecule has 150 valence electrons. The van der Waals surface area contributed by atoms with Gasteiger partial charge in [-0.15, -0.1) is 0 Å². The number of rotatable bonds is 13. The third kappa shape index (κ3) is 9.66. The minimum atomic E-state index is -0.641. The van der Waals surface area contributed by atoms with E-state index in [4.69, 9.17) is 4.74 Å². The summed E-state index contributed by atoms with van der Waals surface area (Å²) in [6, 6.07) is 6.91. The number of hydrogen-bond donors (Lipinski definition) is 1. The summed E-state index contributed by atoms with van der Waals surface area (Å²) < 4.78 is 5.48. The van der Waals surface area contributed by atoms with Crippen LogP contribution in [0, 0.1) is 0 Å². The molecular formula is C22H34NO3S+. The first kappa shape index (κ1) is 23.3. The average Bonchev–Trinajstić information content (AvgIpc) is 2.66. The molecule has 0 saturated carbocycles. The Morgan fingerprint density at radius 1 is 1.07 bits per heavy atom. The largest absolute Gasteiger partial charge is 0.425 e. The summed E-state index contributed by atoms with van der Waals surface area (Å²) in [5, 5.41) is 2.70. The van der Waals surface area contributed by atoms with E-state index in [-0.39, 0.29) is 16.8 Å². The van der Waals surface area contributed by atoms with Gasteiger partial charge < -0.3 is 10.1 Å². The normalized spacial score (nSPS) is 11.9. The Bertz CT molecular complexity index is 584. The van der Waals surface area contributed by atoms with Crippen LogP contribution in [0.15, 0.2) is 41.8 Å². The Balaban J connectivity index is 2.54. The van der Waals surface area contributed by atoms with Gasteiger partial charge in [-0.3, -0.25) is 4.79 Å². The van der Waals surface area contributed by atoms with Crippen molar-refractivity contribution in [3.8, 4) is 5.75 Å². The number of unbranched alkanes of at least 4 members (excludes halogenated alkanes) is 6. The quantitative estimate of drug-likeness (QED) is 0.175. The summed E-state index contributed by atoms with van der Waals surface area (Å²) in [6.07, 6.45) is 14.2. The fraction of sp³-hybridized carbons (Fsp3) is 0.545. The highest BCUT2D eigenvalue weighted by Gasteiger charge is 2.22. The molecule has 27 heavy (non-hydrogen) atoms. The number of carbonyl (C=O) groups excluding carboxylic acids is 2. The lowest BCUT2D eigenvalue weighted by Gasteiger charge is -2.16. The lowest BCUT2D eigenvalue weighted by molar-refractivity contribution is -0.138. The molecule has 0 aliphatic heterocycles. The number of ether oxygens (including phenoxy) is 1. The molecule has 1 atom stereocenters. The van der Waals surface area contributed by atoms with Crippen LogP contribution >= 0.6 is 0 Å². The minimum Gasteiger partial charge on any atom is -0.425 e. The maximum Gasteiger partial charge on any atom is 0.334 e. The first-order valence-electron chi connectivity index (χ1n) is 9.80. The van der Waals surface area contributed by atoms with Gasteiger partial charge in [-0.05, 0) is 36.8 Å². The number of amides is 1. The molecule has 0 bridgehead atoms. The van der Waals surface area contributed by atoms with Gasteiger partial charge in [0, 0.05) is 10.9 Å². The van der Waals surface area contributed by atoms with E-state index in [0.717, 1.165) is 19.3 Å². The summed E-state index contributed by atoms with van der Waals surface area (Å²) in [7, 11) is 0.165. The molecule has 1 aromatic carbocycles. The van der Waals surface area contributed by atoms with Gasteiger partial charge in [-0.2, -0.15) is 0 Å². The third-order valence-electron chi connectivity index (χ3n) is 4.40. The first-order chi connectivity index (χ1) is 13.0. The second-order valence-electron chi connectivity index (χ2n) is 6.88. The summed E-state index contributed by atoms with van der Waals surface area (Å²) in [5.74, 6) is -0.265. The molecular weight excluding hydrogens is 358 g/mol. The van der Waals surface area contributed by atoms with Crippen molar-refractivity contribution < 1.29 is 14.3 Å². The van der Waals surface area contributed by atoms with E-state index >= 15 is 0 Å². The summed E-state index contributed by atoms with van der Waals surface area (Å²) in [6.45, 7) is 5.66. The van der Waals surface area contributed by atoms with Crippen LogP contribution in [0.5, 0.6) is 5.75 Å². The molecule has 0 aliphatic carbocycles. The van der Waals surface area contributed by atoms with Crippen LogP contribution in [0.2, 0.25) is 0 Å². The van der Waals surface area contributed by atoms with Gasteiger partial charge in [0.1, 0.15) is 24.3 Å². The van der Waals surface area contributed by atoms with E-state index < -0.39 is 12.0 Å². The van der Waals surface area contributed by atoms with E-state index in [1.165, 1.54) is 36.7 Å². The summed E-state index contributed by atoms with van der Waals surface area (Å²) >= 11 is 0. The number of carbonyl (C=O) groups is 2. The number of nitrogens with one attached hydrogen (secondary N) is 1. The molecule has 1 aromatic rings. The highest BCUT2D eigenvalue weighted by atomic mass is 32.2. The molecule has 4 nitrogen and oxygen atoms in total. The van der Waals surface area contributed by atoms with Crippen molar-refractivity contribution in [2.45, 2.75) is 69.2 Å². The third-order valence-corrected chi connectivity index (χ3v) is 5.61. The highest BCUT2D eigenvalue weighted by Crippen LogP contribution is 2.17. The lowest BCUT2D eigenvalue weighted by atomic mass is 10.0. The van der Waals surface area contributed by atoms with Gasteiger partial charge in [-0.1, -0.05) is 58.4 Å². The van der Waals surface area contributed by atoms with Crippen LogP contribution in [-0.2, 0) is 20.5 Å². The smallest absolute Gasteiger partial charge is 0.334 e. The Morgan fingerprint density at radius 2 is 1.67 bits per heavy atom. The lowest BCUT2D eigenvalue weighted by Crippen LogP contribution is -2.42. The highest BCUT2D eigenvalue weighted by molar-refractivity contribution is 7.95. The molecule has 1 amide bonds. The molecule has 5 heteroatoms. The van der Waals surface area contributed by atoms with Gasteiger partial charge >= 0.3 is 5.97 Å². The second kappa shape index (κ2) is 13.4. The number of esters is 1. The molecule has 1 N–H and O–H groups in total. The maximum absolute atomic E-state index is 12.5. The molecule has 0 fully saturated rings. The number of benzene rings is 1. The van der Waals surface area contributed by atoms with Gasteiger partial charge in [0.25, 0.3) is 0 Å². The Hall–Kier alpha value is -1.75. The van der Waals surface area contributed by atoms with Crippen LogP contribution < -0.4 is 10.1 Å². The molecule has 0 saturated heterocycles. The van der Waals surface area contributed by atoms with Crippen molar-refractivity contribution in [1.82, 2.24) is 5.32 Å². The Labute approximate surface area is 167 Å². The zero-order valence-electron chi connectivity index (χ0n) is 17.0. The van der Waals surface area contributed by atoms with Crippen molar-refractivity contribution in [1.29, 1.82) is 0 Å². The fourth-order valence-electron chi connectivity index (χ4n) is 2.75. The fourth-order valence-corrected chi connectivity index (χ4v) is 3.43. The zero-order chi connectivity index (χ0) is 20.1. The standard InChI is InChI=1S/C22H33NO3S/c1-5-7-8-9-10-11-12-13-20(23-21(24)6-2)22(25)26-18-14-16-19(17-15-18)27(3)4/h6,14-17,20H,2,5,7-13H2,1,3-4H3/p+1. The SMILES string of the molecule is C=CC(=O)NC(CCCCCCCCC)C(=O)Oc1ccc([S+](C)C)cc1. The first-order valence-corrected chi connectivity index (χ1v) is 11.8. The van der Waals surface area contributed by atoms with E-state index in [0.29, 0.717) is 12.2 Å². The Morgan fingerprint density at radius 3 is 2.22 bits per heavy atom. The van der Waals surface area contributed by atoms with Crippen molar-refractivity contribution in [3.63, 3.8) is 0 Å². The van der Waals surface area contributed by atoms with E-state index in [1.807, 2.05) is 12.1 Å². The van der Waals surface area contributed by atoms with Gasteiger partial charge in [-0.25, -0.2) is 4.79 Å². The summed E-state index contributed by atoms with van der Waals surface area (Å²) in [5.41, 5.74) is 0. The molecule has 0 radical (unpaired) electrons. The van der Waals surface area contributed by atoms with Crippen LogP contribution in [0.4, 0.5) is 0 Å². The molecule has 0 spiro atoms. The van der Waals surface area contributed by atoms with Crippen LogP contribution in [0.3, 0.4) is 0 Å². The summed E-state index contributed by atoms with van der Waals surface area (Å²) in [4.78, 5) is 25.4. The average molecular weight is 393 g/mol. The van der Waals surface area contributed by atoms with Gasteiger partial charge in [0.05, 0.1) is 0 Å². The van der Waals surface area contributed by atoms with Crippen molar-refractivity contribution in [2.75, 3.05) is 12.5 Å². The topological polar surface area (TPSA) is 55.4 Å². The molecule has 0 aliphatic rings. The van der Waals surface area contributed by atoms with Crippen molar-refractivity contribution in [2.24, 2.45) is 0 Å². The van der Waals surface area contributed by atoms with Crippen molar-refractivity contribution >= 4 is 22.8 Å². The molecule has 1 rings (SSSR count). The number of hydrogen-bond acceptors (Lipinski definition) is 3. The molecule has 0 aromatic heterocycles. The van der Waals surface area contributed by atoms with Crippen LogP contribution in [0.1, 0.15) is 58.3 Å². The van der Waals surface area contributed by atoms with E-state index in [1.54, 1.807) is 12.1 Å². The predicted octanol–water partition coefficient (Wildman–Crippen LogP) is 4.64. The van der Waals surface area contributed by atoms with Crippen LogP contribution in [0.25, 0.3) is 0 Å². The molecule has 1 unspecified atom stereocenters. The zero-order valence-corrected chi connectivity index (χ0v) is 17.8. The van der Waals surface area contributed by atoms with Crippen molar-refractivity contribution in [3.05, 3.63) is 36.9 Å². The maximum atomic E-state index is 12.5. The monoisotopic (exact) mass is 392 g/mol. The predicted molar refractivity (Wildman–Crippen MR) is 114 cm³/mol. The second-order valence-corrected chi connectivity index (χ2v) is 8.99. The Kier molecular flexibility index (Phi) is 11.6. The van der Waals surface area contributed by atoms with Gasteiger partial charge in [0.15, 0.2) is 4.90 Å². The van der Waals surface area contributed by atoms with E-state index in [2.05, 4.69) is 31.3 Å². The minimum absolute atomic E-state index is 0.165. The van der Waals surface area contributed by atoms with E-state index in [9.17, 15) is 9.59 Å². The molecule has 0 heterocycles.